The summed E-state index contributed by atoms with van der Waals surface area (Å²) in [5.41, 5.74) is -0.376. The lowest BCUT2D eigenvalue weighted by Gasteiger charge is -2.38. The van der Waals surface area contributed by atoms with Gasteiger partial charge in [0.25, 0.3) is 0 Å². The van der Waals surface area contributed by atoms with Crippen LogP contribution in [0.15, 0.2) is 17.5 Å². The summed E-state index contributed by atoms with van der Waals surface area (Å²) < 4.78 is 0. The monoisotopic (exact) mass is 266 g/mol. The number of likely N-dealkylation sites (N-methyl/N-ethyl adjacent to an activating group) is 1. The Kier molecular flexibility index (Phi) is 4.07. The Bertz CT molecular complexity index is 396. The molecular weight excluding hydrogens is 244 g/mol. The van der Waals surface area contributed by atoms with E-state index in [1.807, 2.05) is 24.9 Å². The van der Waals surface area contributed by atoms with Crippen molar-refractivity contribution < 1.29 is 4.79 Å². The molecule has 0 aromatic carbocycles. The van der Waals surface area contributed by atoms with Gasteiger partial charge in [-0.1, -0.05) is 6.07 Å². The molecule has 0 radical (unpaired) electrons. The molecule has 1 N–H and O–H groups in total. The molecule has 1 aromatic rings. The number of hydrogen-bond donors (Lipinski definition) is 1. The van der Waals surface area contributed by atoms with E-state index in [0.29, 0.717) is 0 Å². The Morgan fingerprint density at radius 3 is 2.89 bits per heavy atom. The number of hydrogen-bond acceptors (Lipinski definition) is 3. The average Bonchev–Trinajstić information content (AvgIpc) is 2.91. The minimum Gasteiger partial charge on any atom is -0.337 e. The van der Waals surface area contributed by atoms with Gasteiger partial charge >= 0.3 is 0 Å². The highest BCUT2D eigenvalue weighted by Gasteiger charge is 2.37. The predicted molar refractivity (Wildman–Crippen MR) is 75.8 cm³/mol. The van der Waals surface area contributed by atoms with Crippen molar-refractivity contribution in [1.29, 1.82) is 0 Å². The molecule has 1 amide bonds. The van der Waals surface area contributed by atoms with Crippen LogP contribution in [-0.2, 0) is 4.79 Å². The number of piperidine rings is 1. The second kappa shape index (κ2) is 5.41. The van der Waals surface area contributed by atoms with Gasteiger partial charge in [0.1, 0.15) is 0 Å². The van der Waals surface area contributed by atoms with Crippen LogP contribution in [0.4, 0.5) is 0 Å². The summed E-state index contributed by atoms with van der Waals surface area (Å²) in [6.45, 7) is 5.07. The van der Waals surface area contributed by atoms with E-state index < -0.39 is 0 Å². The molecule has 0 spiro atoms. The summed E-state index contributed by atoms with van der Waals surface area (Å²) in [5, 5.41) is 5.45. The molecule has 2 unspecified atom stereocenters. The zero-order valence-electron chi connectivity index (χ0n) is 11.4. The standard InChI is InChI=1S/C14H22N2OS/c1-11(12-7-6-10-18-12)16(3)13(17)14(2)8-4-5-9-15-14/h6-7,10-11,15H,4-5,8-9H2,1-3H3. The van der Waals surface area contributed by atoms with Crippen LogP contribution < -0.4 is 5.32 Å². The fourth-order valence-electron chi connectivity index (χ4n) is 2.52. The van der Waals surface area contributed by atoms with Crippen LogP contribution in [0.5, 0.6) is 0 Å². The minimum absolute atomic E-state index is 0.151. The Hall–Kier alpha value is -0.870. The van der Waals surface area contributed by atoms with Crippen molar-refractivity contribution in [3.05, 3.63) is 22.4 Å². The third kappa shape index (κ3) is 2.59. The molecule has 1 aromatic heterocycles. The predicted octanol–water partition coefficient (Wildman–Crippen LogP) is 2.80. The molecule has 1 aliphatic heterocycles. The summed E-state index contributed by atoms with van der Waals surface area (Å²) in [6, 6.07) is 4.28. The molecule has 0 bridgehead atoms. The van der Waals surface area contributed by atoms with Crippen molar-refractivity contribution in [3.8, 4) is 0 Å². The van der Waals surface area contributed by atoms with Crippen LogP contribution in [0, 0.1) is 0 Å². The number of nitrogens with one attached hydrogen (secondary N) is 1. The maximum Gasteiger partial charge on any atom is 0.242 e. The Balaban J connectivity index is 2.08. The molecule has 2 heterocycles. The number of thiophene rings is 1. The highest BCUT2D eigenvalue weighted by atomic mass is 32.1. The lowest BCUT2D eigenvalue weighted by molar-refractivity contribution is -0.139. The summed E-state index contributed by atoms with van der Waals surface area (Å²) in [5.74, 6) is 0.211. The smallest absolute Gasteiger partial charge is 0.242 e. The first-order chi connectivity index (χ1) is 8.54. The van der Waals surface area contributed by atoms with E-state index in [1.54, 1.807) is 11.3 Å². The molecule has 0 saturated carbocycles. The van der Waals surface area contributed by atoms with Crippen molar-refractivity contribution in [2.75, 3.05) is 13.6 Å². The Morgan fingerprint density at radius 2 is 2.33 bits per heavy atom. The third-order valence-corrected chi connectivity index (χ3v) is 4.99. The van der Waals surface area contributed by atoms with Crippen LogP contribution in [0.1, 0.15) is 44.0 Å². The van der Waals surface area contributed by atoms with Gasteiger partial charge in [-0.25, -0.2) is 0 Å². The summed E-state index contributed by atoms with van der Waals surface area (Å²) in [7, 11) is 1.91. The van der Waals surface area contributed by atoms with Gasteiger partial charge in [0.05, 0.1) is 11.6 Å². The van der Waals surface area contributed by atoms with Gasteiger partial charge in [0.15, 0.2) is 0 Å². The van der Waals surface area contributed by atoms with Gasteiger partial charge in [-0.3, -0.25) is 4.79 Å². The SMILES string of the molecule is CC(c1cccs1)N(C)C(=O)C1(C)CCCCN1. The average molecular weight is 266 g/mol. The summed E-state index contributed by atoms with van der Waals surface area (Å²) in [6.07, 6.45) is 3.25. The molecule has 18 heavy (non-hydrogen) atoms. The summed E-state index contributed by atoms with van der Waals surface area (Å²) in [4.78, 5) is 15.7. The van der Waals surface area contributed by atoms with Gasteiger partial charge in [-0.2, -0.15) is 0 Å². The van der Waals surface area contributed by atoms with Crippen LogP contribution in [0.3, 0.4) is 0 Å². The highest BCUT2D eigenvalue weighted by molar-refractivity contribution is 7.10. The van der Waals surface area contributed by atoms with Crippen LogP contribution >= 0.6 is 11.3 Å². The van der Waals surface area contributed by atoms with Crippen LogP contribution in [0.2, 0.25) is 0 Å². The number of amides is 1. The lowest BCUT2D eigenvalue weighted by Crippen LogP contribution is -2.57. The first kappa shape index (κ1) is 13.6. The quantitative estimate of drug-likeness (QED) is 0.912. The van der Waals surface area contributed by atoms with Gasteiger partial charge in [0.2, 0.25) is 5.91 Å². The molecular formula is C14H22N2OS. The second-order valence-electron chi connectivity index (χ2n) is 5.32. The molecule has 1 fully saturated rings. The molecule has 1 aliphatic rings. The zero-order chi connectivity index (χ0) is 13.2. The molecule has 2 atom stereocenters. The maximum absolute atomic E-state index is 12.6. The van der Waals surface area contributed by atoms with E-state index in [1.165, 1.54) is 11.3 Å². The molecule has 0 aliphatic carbocycles. The van der Waals surface area contributed by atoms with Crippen LogP contribution in [0.25, 0.3) is 0 Å². The topological polar surface area (TPSA) is 32.3 Å². The largest absolute Gasteiger partial charge is 0.337 e. The highest BCUT2D eigenvalue weighted by Crippen LogP contribution is 2.28. The second-order valence-corrected chi connectivity index (χ2v) is 6.30. The van der Waals surface area contributed by atoms with E-state index >= 15 is 0 Å². The van der Waals surface area contributed by atoms with Crippen molar-refractivity contribution >= 4 is 17.2 Å². The molecule has 4 heteroatoms. The van der Waals surface area contributed by atoms with E-state index in [0.717, 1.165) is 19.4 Å². The molecule has 3 nitrogen and oxygen atoms in total. The van der Waals surface area contributed by atoms with Crippen molar-refractivity contribution in [2.45, 2.75) is 44.7 Å². The minimum atomic E-state index is -0.376. The molecule has 100 valence electrons. The molecule has 2 rings (SSSR count). The Labute approximate surface area is 113 Å². The third-order valence-electron chi connectivity index (χ3n) is 3.95. The fourth-order valence-corrected chi connectivity index (χ4v) is 3.35. The fraction of sp³-hybridized carbons (Fsp3) is 0.643. The van der Waals surface area contributed by atoms with E-state index in [2.05, 4.69) is 23.7 Å². The zero-order valence-corrected chi connectivity index (χ0v) is 12.2. The van der Waals surface area contributed by atoms with Gasteiger partial charge < -0.3 is 10.2 Å². The summed E-state index contributed by atoms with van der Waals surface area (Å²) >= 11 is 1.71. The first-order valence-electron chi connectivity index (χ1n) is 6.60. The van der Waals surface area contributed by atoms with Crippen LogP contribution in [-0.4, -0.2) is 29.9 Å². The first-order valence-corrected chi connectivity index (χ1v) is 7.48. The van der Waals surface area contributed by atoms with E-state index in [-0.39, 0.29) is 17.5 Å². The number of carbonyl (C=O) groups excluding carboxylic acids is 1. The normalized spacial score (nSPS) is 25.7. The van der Waals surface area contributed by atoms with Crippen molar-refractivity contribution in [2.24, 2.45) is 0 Å². The lowest BCUT2D eigenvalue weighted by atomic mass is 9.89. The van der Waals surface area contributed by atoms with Crippen molar-refractivity contribution in [1.82, 2.24) is 10.2 Å². The van der Waals surface area contributed by atoms with Gasteiger partial charge in [-0.15, -0.1) is 11.3 Å². The Morgan fingerprint density at radius 1 is 1.56 bits per heavy atom. The van der Waals surface area contributed by atoms with Crippen molar-refractivity contribution in [3.63, 3.8) is 0 Å². The van der Waals surface area contributed by atoms with E-state index in [4.69, 9.17) is 0 Å². The number of rotatable bonds is 3. The maximum atomic E-state index is 12.6. The number of carbonyl (C=O) groups is 1. The molecule has 1 saturated heterocycles. The van der Waals surface area contributed by atoms with Gasteiger partial charge in [0, 0.05) is 11.9 Å². The number of nitrogens with zero attached hydrogens (tertiary/aromatic N) is 1. The van der Waals surface area contributed by atoms with Gasteiger partial charge in [-0.05, 0) is 51.1 Å². The van der Waals surface area contributed by atoms with E-state index in [9.17, 15) is 4.79 Å².